The summed E-state index contributed by atoms with van der Waals surface area (Å²) in [5.74, 6) is -0.212. The molecule has 10 heteroatoms. The molecule has 0 fully saturated rings. The quantitative estimate of drug-likeness (QED) is 0.273. The van der Waals surface area contributed by atoms with E-state index in [1.54, 1.807) is 12.4 Å². The number of aliphatic hydroxyl groups is 2. The van der Waals surface area contributed by atoms with Crippen LogP contribution in [0.25, 0.3) is 5.65 Å². The zero-order valence-corrected chi connectivity index (χ0v) is 16.9. The van der Waals surface area contributed by atoms with Crippen LogP contribution in [0.3, 0.4) is 0 Å². The van der Waals surface area contributed by atoms with Crippen LogP contribution in [-0.4, -0.2) is 69.3 Å². The van der Waals surface area contributed by atoms with Gasteiger partial charge in [-0.25, -0.2) is 13.9 Å². The Morgan fingerprint density at radius 1 is 1.53 bits per heavy atom. The number of amides is 1. The number of fused-ring (bicyclic) bond motifs is 1. The molecule has 0 bridgehead atoms. The first-order chi connectivity index (χ1) is 14.5. The number of allylic oxidation sites excluding steroid dienone is 2. The highest BCUT2D eigenvalue weighted by Gasteiger charge is 2.16. The summed E-state index contributed by atoms with van der Waals surface area (Å²) in [6.45, 7) is 6.23. The lowest BCUT2D eigenvalue weighted by atomic mass is 10.3. The van der Waals surface area contributed by atoms with Crippen LogP contribution in [-0.2, 0) is 0 Å². The number of halogens is 1. The monoisotopic (exact) mass is 418 g/mol. The number of anilines is 1. The van der Waals surface area contributed by atoms with Crippen molar-refractivity contribution in [3.05, 3.63) is 48.7 Å². The summed E-state index contributed by atoms with van der Waals surface area (Å²) in [6, 6.07) is 1.82. The molecule has 0 aliphatic heterocycles. The van der Waals surface area contributed by atoms with Crippen LogP contribution < -0.4 is 10.2 Å². The lowest BCUT2D eigenvalue weighted by molar-refractivity contribution is 0.0803. The van der Waals surface area contributed by atoms with Gasteiger partial charge >= 0.3 is 0 Å². The fraction of sp³-hybridized carbons (Fsp3) is 0.400. The number of aliphatic hydroxyl groups excluding tert-OH is 2. The van der Waals surface area contributed by atoms with Gasteiger partial charge in [-0.05, 0) is 31.9 Å². The third-order valence-corrected chi connectivity index (χ3v) is 4.27. The van der Waals surface area contributed by atoms with Crippen LogP contribution >= 0.6 is 0 Å². The van der Waals surface area contributed by atoms with Gasteiger partial charge in [0, 0.05) is 32.0 Å². The summed E-state index contributed by atoms with van der Waals surface area (Å²) in [5.41, 5.74) is 0.676. The highest BCUT2D eigenvalue weighted by molar-refractivity contribution is 5.99. The van der Waals surface area contributed by atoms with Crippen molar-refractivity contribution in [3.63, 3.8) is 0 Å². The summed E-state index contributed by atoms with van der Waals surface area (Å²) < 4.78 is 14.4. The van der Waals surface area contributed by atoms with E-state index in [0.29, 0.717) is 31.0 Å². The van der Waals surface area contributed by atoms with Gasteiger partial charge in [-0.2, -0.15) is 5.10 Å². The Kier molecular flexibility index (Phi) is 9.10. The largest absolute Gasteiger partial charge is 0.394 e. The fourth-order valence-corrected chi connectivity index (χ4v) is 2.63. The Morgan fingerprint density at radius 3 is 3.03 bits per heavy atom. The van der Waals surface area contributed by atoms with Gasteiger partial charge in [-0.3, -0.25) is 9.79 Å². The van der Waals surface area contributed by atoms with E-state index in [1.807, 2.05) is 13.0 Å². The summed E-state index contributed by atoms with van der Waals surface area (Å²) in [5, 5.41) is 24.9. The lowest BCUT2D eigenvalue weighted by Crippen LogP contribution is -2.33. The van der Waals surface area contributed by atoms with Gasteiger partial charge in [-0.1, -0.05) is 6.58 Å². The van der Waals surface area contributed by atoms with Gasteiger partial charge in [0.1, 0.15) is 17.2 Å². The number of nitrogens with one attached hydrogen (secondary N) is 1. The van der Waals surface area contributed by atoms with E-state index in [4.69, 9.17) is 5.11 Å². The van der Waals surface area contributed by atoms with Gasteiger partial charge in [0.2, 0.25) is 0 Å². The van der Waals surface area contributed by atoms with E-state index < -0.39 is 24.4 Å². The molecule has 9 nitrogen and oxygen atoms in total. The second-order valence-corrected chi connectivity index (χ2v) is 6.43. The van der Waals surface area contributed by atoms with E-state index >= 15 is 0 Å². The van der Waals surface area contributed by atoms with Crippen LogP contribution in [0.4, 0.5) is 10.2 Å². The minimum atomic E-state index is -1.03. The Balaban J connectivity index is 2.05. The van der Waals surface area contributed by atoms with Crippen molar-refractivity contribution in [2.24, 2.45) is 4.99 Å². The standard InChI is InChI=1S/C20H27FN6O3/c1-3-15(21)11-22-8-5-6-9-26(4-2)18-7-10-27-19(25-18)17(13-24-27)20(30)23-12-16(29)14-28/h3,7-8,10-11,13,16,28-29H,1,4-6,9,12,14H2,2H3,(H,23,30)/b15-11+,22-8?. The molecule has 0 aliphatic carbocycles. The maximum atomic E-state index is 12.9. The lowest BCUT2D eigenvalue weighted by Gasteiger charge is -2.21. The number of hydrogen-bond donors (Lipinski definition) is 3. The van der Waals surface area contributed by atoms with E-state index in [-0.39, 0.29) is 12.1 Å². The zero-order chi connectivity index (χ0) is 21.9. The third kappa shape index (κ3) is 6.46. The minimum absolute atomic E-state index is 0.0686. The average molecular weight is 418 g/mol. The number of hydrogen-bond acceptors (Lipinski definition) is 7. The van der Waals surface area contributed by atoms with Crippen LogP contribution in [0, 0.1) is 0 Å². The zero-order valence-electron chi connectivity index (χ0n) is 16.9. The first kappa shape index (κ1) is 23.2. The number of aliphatic imine (C=N–C) groups is 1. The van der Waals surface area contributed by atoms with E-state index in [9.17, 15) is 14.3 Å². The number of nitrogens with zero attached hydrogens (tertiary/aromatic N) is 5. The van der Waals surface area contributed by atoms with Crippen LogP contribution in [0.1, 0.15) is 30.1 Å². The van der Waals surface area contributed by atoms with Crippen molar-refractivity contribution >= 4 is 23.6 Å². The molecular formula is C20H27FN6O3. The Hall–Kier alpha value is -3.11. The Bertz CT molecular complexity index is 911. The highest BCUT2D eigenvalue weighted by atomic mass is 19.1. The van der Waals surface area contributed by atoms with E-state index in [1.165, 1.54) is 10.7 Å². The molecule has 0 spiro atoms. The third-order valence-electron chi connectivity index (χ3n) is 4.27. The van der Waals surface area contributed by atoms with Gasteiger partial charge in [0.05, 0.1) is 25.1 Å². The number of unbranched alkanes of at least 4 members (excludes halogenated alkanes) is 1. The van der Waals surface area contributed by atoms with E-state index in [0.717, 1.165) is 18.7 Å². The first-order valence-corrected chi connectivity index (χ1v) is 9.66. The predicted molar refractivity (Wildman–Crippen MR) is 113 cm³/mol. The van der Waals surface area contributed by atoms with Crippen molar-refractivity contribution in [3.8, 4) is 0 Å². The molecule has 3 N–H and O–H groups in total. The van der Waals surface area contributed by atoms with Crippen LogP contribution in [0.5, 0.6) is 0 Å². The number of aromatic nitrogens is 3. The first-order valence-electron chi connectivity index (χ1n) is 9.66. The molecule has 0 saturated carbocycles. The van der Waals surface area contributed by atoms with Gasteiger partial charge < -0.3 is 20.4 Å². The second kappa shape index (κ2) is 11.8. The molecule has 0 aromatic carbocycles. The molecule has 1 unspecified atom stereocenters. The highest BCUT2D eigenvalue weighted by Crippen LogP contribution is 2.16. The molecule has 1 amide bonds. The molecule has 0 saturated heterocycles. The summed E-state index contributed by atoms with van der Waals surface area (Å²) in [4.78, 5) is 22.9. The maximum Gasteiger partial charge on any atom is 0.256 e. The maximum absolute atomic E-state index is 12.9. The van der Waals surface area contributed by atoms with Crippen molar-refractivity contribution in [2.75, 3.05) is 31.1 Å². The molecule has 30 heavy (non-hydrogen) atoms. The number of carbonyl (C=O) groups is 1. The molecule has 0 radical (unpaired) electrons. The topological polar surface area (TPSA) is 115 Å². The molecule has 2 aromatic heterocycles. The average Bonchev–Trinajstić information content (AvgIpc) is 3.19. The van der Waals surface area contributed by atoms with Gasteiger partial charge in [0.25, 0.3) is 5.91 Å². The molecule has 162 valence electrons. The van der Waals surface area contributed by atoms with E-state index in [2.05, 4.69) is 31.9 Å². The van der Waals surface area contributed by atoms with Crippen LogP contribution in [0.15, 0.2) is 48.1 Å². The van der Waals surface area contributed by atoms with Gasteiger partial charge in [0.15, 0.2) is 5.65 Å². The van der Waals surface area contributed by atoms with Crippen molar-refractivity contribution in [2.45, 2.75) is 25.9 Å². The molecule has 1 atom stereocenters. The second-order valence-electron chi connectivity index (χ2n) is 6.43. The minimum Gasteiger partial charge on any atom is -0.394 e. The normalized spacial score (nSPS) is 13.0. The van der Waals surface area contributed by atoms with Crippen molar-refractivity contribution < 1.29 is 19.4 Å². The summed E-state index contributed by atoms with van der Waals surface area (Å²) in [6.07, 6.45) is 7.44. The smallest absolute Gasteiger partial charge is 0.256 e. The number of rotatable bonds is 12. The van der Waals surface area contributed by atoms with Crippen LogP contribution in [0.2, 0.25) is 0 Å². The molecule has 0 aliphatic rings. The number of carbonyl (C=O) groups excluding carboxylic acids is 1. The van der Waals surface area contributed by atoms with Crippen molar-refractivity contribution in [1.82, 2.24) is 19.9 Å². The fourth-order valence-electron chi connectivity index (χ4n) is 2.63. The molecule has 2 rings (SSSR count). The summed E-state index contributed by atoms with van der Waals surface area (Å²) in [7, 11) is 0. The molecule has 2 heterocycles. The van der Waals surface area contributed by atoms with Gasteiger partial charge in [-0.15, -0.1) is 0 Å². The summed E-state index contributed by atoms with van der Waals surface area (Å²) >= 11 is 0. The predicted octanol–water partition coefficient (Wildman–Crippen LogP) is 1.49. The molecule has 2 aromatic rings. The molecular weight excluding hydrogens is 391 g/mol. The Labute approximate surface area is 174 Å². The van der Waals surface area contributed by atoms with Crippen molar-refractivity contribution in [1.29, 1.82) is 0 Å². The Morgan fingerprint density at radius 2 is 2.33 bits per heavy atom. The SMILES string of the molecule is C=C/C(F)=C\N=CCCCN(CC)c1ccn2ncc(C(=O)NCC(O)CO)c2n1.